The minimum Gasteiger partial charge on any atom is -0.477 e. The molecule has 2 N–H and O–H groups in total. The van der Waals surface area contributed by atoms with Crippen LogP contribution in [0.15, 0.2) is 29.2 Å². The predicted octanol–water partition coefficient (Wildman–Crippen LogP) is 1.91. The summed E-state index contributed by atoms with van der Waals surface area (Å²) in [4.78, 5) is 23.6. The lowest BCUT2D eigenvalue weighted by Gasteiger charge is -2.16. The molecule has 21 heavy (non-hydrogen) atoms. The summed E-state index contributed by atoms with van der Waals surface area (Å²) in [6, 6.07) is 5.59. The molecule has 1 aliphatic heterocycles. The second kappa shape index (κ2) is 5.76. The fourth-order valence-corrected chi connectivity index (χ4v) is 3.31. The van der Waals surface area contributed by atoms with Crippen LogP contribution in [0.25, 0.3) is 10.9 Å². The van der Waals surface area contributed by atoms with Crippen LogP contribution in [0.3, 0.4) is 0 Å². The summed E-state index contributed by atoms with van der Waals surface area (Å²) < 4.78 is 2.84. The number of halogens is 1. The molecule has 0 bridgehead atoms. The second-order valence-electron chi connectivity index (χ2n) is 5.35. The van der Waals surface area contributed by atoms with Gasteiger partial charge in [-0.1, -0.05) is 0 Å². The highest BCUT2D eigenvalue weighted by atomic mass is 127. The molecule has 1 saturated heterocycles. The van der Waals surface area contributed by atoms with Gasteiger partial charge < -0.3 is 15.0 Å². The standard InChI is InChI=1S/C15H15IN2O3/c16-10-1-2-13-11(5-10)14(19)12(15(20)21)8-18(13)7-9-3-4-17-6-9/h1-2,5,8-9,17H,3-4,6-7H2,(H,20,21). The third-order valence-electron chi connectivity index (χ3n) is 3.89. The van der Waals surface area contributed by atoms with Crippen molar-refractivity contribution in [1.82, 2.24) is 9.88 Å². The van der Waals surface area contributed by atoms with Crippen molar-refractivity contribution in [3.05, 3.63) is 43.8 Å². The molecule has 1 atom stereocenters. The molecule has 5 nitrogen and oxygen atoms in total. The number of fused-ring (bicyclic) bond motifs is 1. The van der Waals surface area contributed by atoms with Gasteiger partial charge in [-0.2, -0.15) is 0 Å². The van der Waals surface area contributed by atoms with Gasteiger partial charge in [-0.15, -0.1) is 0 Å². The van der Waals surface area contributed by atoms with E-state index in [-0.39, 0.29) is 5.56 Å². The van der Waals surface area contributed by atoms with Crippen LogP contribution in [0.5, 0.6) is 0 Å². The molecule has 0 saturated carbocycles. The van der Waals surface area contributed by atoms with Crippen LogP contribution in [0.1, 0.15) is 16.8 Å². The summed E-state index contributed by atoms with van der Waals surface area (Å²) in [6.45, 7) is 2.65. The van der Waals surface area contributed by atoms with E-state index in [1.807, 2.05) is 16.7 Å². The molecule has 6 heteroatoms. The fourth-order valence-electron chi connectivity index (χ4n) is 2.82. The molecular formula is C15H15IN2O3. The number of pyridine rings is 1. The van der Waals surface area contributed by atoms with E-state index in [0.717, 1.165) is 35.1 Å². The first-order chi connectivity index (χ1) is 10.1. The third kappa shape index (κ3) is 2.82. The molecule has 2 aromatic rings. The second-order valence-corrected chi connectivity index (χ2v) is 6.60. The molecule has 1 fully saturated rings. The van der Waals surface area contributed by atoms with Gasteiger partial charge in [0.2, 0.25) is 5.43 Å². The van der Waals surface area contributed by atoms with Crippen LogP contribution in [0.4, 0.5) is 0 Å². The van der Waals surface area contributed by atoms with E-state index in [4.69, 9.17) is 0 Å². The highest BCUT2D eigenvalue weighted by Crippen LogP contribution is 2.19. The molecule has 1 aromatic heterocycles. The Balaban J connectivity index is 2.19. The van der Waals surface area contributed by atoms with Gasteiger partial charge in [-0.3, -0.25) is 4.79 Å². The number of nitrogens with one attached hydrogen (secondary N) is 1. The first-order valence-electron chi connectivity index (χ1n) is 6.83. The third-order valence-corrected chi connectivity index (χ3v) is 4.56. The van der Waals surface area contributed by atoms with Crippen molar-refractivity contribution < 1.29 is 9.90 Å². The topological polar surface area (TPSA) is 71.3 Å². The average molecular weight is 398 g/mol. The highest BCUT2D eigenvalue weighted by Gasteiger charge is 2.19. The van der Waals surface area contributed by atoms with Crippen LogP contribution in [0.2, 0.25) is 0 Å². The molecule has 0 radical (unpaired) electrons. The SMILES string of the molecule is O=C(O)c1cn(CC2CCNC2)c2ccc(I)cc2c1=O. The Hall–Kier alpha value is -1.41. The zero-order chi connectivity index (χ0) is 15.0. The van der Waals surface area contributed by atoms with Crippen LogP contribution in [-0.4, -0.2) is 28.7 Å². The smallest absolute Gasteiger partial charge is 0.341 e. The summed E-state index contributed by atoms with van der Waals surface area (Å²) in [5.74, 6) is -0.698. The van der Waals surface area contributed by atoms with E-state index >= 15 is 0 Å². The van der Waals surface area contributed by atoms with Gasteiger partial charge in [-0.05, 0) is 66.2 Å². The number of benzene rings is 1. The van der Waals surface area contributed by atoms with Crippen molar-refractivity contribution >= 4 is 39.5 Å². The van der Waals surface area contributed by atoms with Crippen molar-refractivity contribution in [2.45, 2.75) is 13.0 Å². The van der Waals surface area contributed by atoms with Gasteiger partial charge in [0.05, 0.1) is 5.52 Å². The van der Waals surface area contributed by atoms with Crippen molar-refractivity contribution in [1.29, 1.82) is 0 Å². The van der Waals surface area contributed by atoms with E-state index in [0.29, 0.717) is 11.3 Å². The van der Waals surface area contributed by atoms with Gasteiger partial charge in [0.15, 0.2) is 0 Å². The summed E-state index contributed by atoms with van der Waals surface area (Å²) in [5, 5.41) is 13.0. The number of carboxylic acid groups (broad SMARTS) is 1. The van der Waals surface area contributed by atoms with Crippen LogP contribution in [0, 0.1) is 9.49 Å². The van der Waals surface area contributed by atoms with Crippen molar-refractivity contribution in [3.63, 3.8) is 0 Å². The van der Waals surface area contributed by atoms with Gasteiger partial charge in [0.1, 0.15) is 5.56 Å². The lowest BCUT2D eigenvalue weighted by Crippen LogP contribution is -2.21. The number of hydrogen-bond donors (Lipinski definition) is 2. The molecule has 0 spiro atoms. The van der Waals surface area contributed by atoms with Gasteiger partial charge in [0, 0.05) is 21.7 Å². The van der Waals surface area contributed by atoms with Crippen LogP contribution < -0.4 is 10.7 Å². The molecule has 1 aromatic carbocycles. The number of rotatable bonds is 3. The minimum atomic E-state index is -1.17. The number of carbonyl (C=O) groups is 1. The summed E-state index contributed by atoms with van der Waals surface area (Å²) in [7, 11) is 0. The van der Waals surface area contributed by atoms with Gasteiger partial charge in [0.25, 0.3) is 0 Å². The van der Waals surface area contributed by atoms with E-state index in [2.05, 4.69) is 27.9 Å². The van der Waals surface area contributed by atoms with E-state index < -0.39 is 11.4 Å². The zero-order valence-corrected chi connectivity index (χ0v) is 13.5. The Kier molecular flexibility index (Phi) is 3.99. The Morgan fingerprint density at radius 3 is 2.95 bits per heavy atom. The molecule has 0 aliphatic carbocycles. The quantitative estimate of drug-likeness (QED) is 0.776. The first kappa shape index (κ1) is 14.5. The first-order valence-corrected chi connectivity index (χ1v) is 7.91. The molecular weight excluding hydrogens is 383 g/mol. The Morgan fingerprint density at radius 2 is 2.29 bits per heavy atom. The molecule has 0 amide bonds. The van der Waals surface area contributed by atoms with Crippen molar-refractivity contribution in [3.8, 4) is 0 Å². The minimum absolute atomic E-state index is 0.157. The largest absolute Gasteiger partial charge is 0.477 e. The normalized spacial score (nSPS) is 18.2. The number of hydrogen-bond acceptors (Lipinski definition) is 3. The Bertz CT molecular complexity index is 763. The maximum absolute atomic E-state index is 12.3. The summed E-state index contributed by atoms with van der Waals surface area (Å²) in [5.41, 5.74) is 0.240. The highest BCUT2D eigenvalue weighted by molar-refractivity contribution is 14.1. The lowest BCUT2D eigenvalue weighted by molar-refractivity contribution is 0.0694. The lowest BCUT2D eigenvalue weighted by atomic mass is 10.1. The van der Waals surface area contributed by atoms with E-state index in [1.54, 1.807) is 6.07 Å². The molecule has 3 rings (SSSR count). The van der Waals surface area contributed by atoms with E-state index in [1.165, 1.54) is 6.20 Å². The maximum atomic E-state index is 12.3. The van der Waals surface area contributed by atoms with Gasteiger partial charge in [-0.25, -0.2) is 4.79 Å². The zero-order valence-electron chi connectivity index (χ0n) is 11.3. The fraction of sp³-hybridized carbons (Fsp3) is 0.333. The average Bonchev–Trinajstić information content (AvgIpc) is 2.94. The maximum Gasteiger partial charge on any atom is 0.341 e. The Morgan fingerprint density at radius 1 is 1.48 bits per heavy atom. The molecule has 1 unspecified atom stereocenters. The number of aromatic carboxylic acids is 1. The van der Waals surface area contributed by atoms with Crippen molar-refractivity contribution in [2.24, 2.45) is 5.92 Å². The summed E-state index contributed by atoms with van der Waals surface area (Å²) in [6.07, 6.45) is 2.55. The molecule has 2 heterocycles. The summed E-state index contributed by atoms with van der Waals surface area (Å²) >= 11 is 2.13. The van der Waals surface area contributed by atoms with Crippen LogP contribution >= 0.6 is 22.6 Å². The van der Waals surface area contributed by atoms with E-state index in [9.17, 15) is 14.7 Å². The van der Waals surface area contributed by atoms with Crippen molar-refractivity contribution in [2.75, 3.05) is 13.1 Å². The number of carboxylic acids is 1. The Labute approximate surface area is 135 Å². The number of nitrogens with zero attached hydrogens (tertiary/aromatic N) is 1. The monoisotopic (exact) mass is 398 g/mol. The number of aromatic nitrogens is 1. The van der Waals surface area contributed by atoms with Gasteiger partial charge >= 0.3 is 5.97 Å². The molecule has 1 aliphatic rings. The molecule has 110 valence electrons. The van der Waals surface area contributed by atoms with Crippen LogP contribution in [-0.2, 0) is 6.54 Å². The predicted molar refractivity (Wildman–Crippen MR) is 88.9 cm³/mol.